The van der Waals surface area contributed by atoms with Gasteiger partial charge in [-0.2, -0.15) is 0 Å². The van der Waals surface area contributed by atoms with E-state index in [9.17, 15) is 4.79 Å². The first-order chi connectivity index (χ1) is 8.76. The number of hydrogen-bond acceptors (Lipinski definition) is 5. The van der Waals surface area contributed by atoms with Crippen molar-refractivity contribution in [1.29, 1.82) is 0 Å². The Kier molecular flexibility index (Phi) is 4.23. The molecule has 18 heavy (non-hydrogen) atoms. The lowest BCUT2D eigenvalue weighted by Crippen LogP contribution is -2.25. The van der Waals surface area contributed by atoms with Gasteiger partial charge >= 0.3 is 0 Å². The number of amides is 1. The van der Waals surface area contributed by atoms with Crippen molar-refractivity contribution < 1.29 is 4.79 Å². The molecule has 0 radical (unpaired) electrons. The van der Waals surface area contributed by atoms with Gasteiger partial charge in [0.05, 0.1) is 18.8 Å². The van der Waals surface area contributed by atoms with Crippen molar-refractivity contribution in [3.8, 4) is 12.3 Å². The minimum atomic E-state index is -0.0994. The molecule has 0 bridgehead atoms. The van der Waals surface area contributed by atoms with Gasteiger partial charge in [0.2, 0.25) is 5.91 Å². The lowest BCUT2D eigenvalue weighted by molar-refractivity contribution is -0.118. The first-order valence-corrected chi connectivity index (χ1v) is 6.71. The largest absolute Gasteiger partial charge is 0.344 e. The molecule has 1 aromatic heterocycles. The third kappa shape index (κ3) is 3.03. The molecule has 0 aromatic carbocycles. The number of terminal acetylenes is 1. The van der Waals surface area contributed by atoms with E-state index in [4.69, 9.17) is 12.2 Å². The van der Waals surface area contributed by atoms with Crippen LogP contribution in [-0.2, 0) is 11.3 Å². The van der Waals surface area contributed by atoms with Crippen LogP contribution in [0.1, 0.15) is 24.7 Å². The van der Waals surface area contributed by atoms with Gasteiger partial charge in [-0.3, -0.25) is 4.79 Å². The molecule has 0 spiro atoms. The Bertz CT molecular complexity index is 474. The molecule has 6 nitrogen and oxygen atoms in total. The van der Waals surface area contributed by atoms with Crippen LogP contribution in [0.2, 0.25) is 0 Å². The minimum absolute atomic E-state index is 0.0994. The summed E-state index contributed by atoms with van der Waals surface area (Å²) < 4.78 is 2.04. The maximum absolute atomic E-state index is 11.4. The fourth-order valence-electron chi connectivity index (χ4n) is 1.58. The second kappa shape index (κ2) is 5.89. The zero-order valence-corrected chi connectivity index (χ0v) is 10.7. The fourth-order valence-corrected chi connectivity index (χ4v) is 2.43. The molecule has 0 saturated heterocycles. The van der Waals surface area contributed by atoms with Gasteiger partial charge in [-0.1, -0.05) is 17.7 Å². The highest BCUT2D eigenvalue weighted by molar-refractivity contribution is 7.99. The summed E-state index contributed by atoms with van der Waals surface area (Å²) in [6, 6.07) is 0.454. The van der Waals surface area contributed by atoms with Gasteiger partial charge in [0.25, 0.3) is 0 Å². The summed E-state index contributed by atoms with van der Waals surface area (Å²) in [5.74, 6) is 3.33. The maximum atomic E-state index is 11.4. The summed E-state index contributed by atoms with van der Waals surface area (Å²) in [7, 11) is 0. The van der Waals surface area contributed by atoms with Crippen LogP contribution in [0, 0.1) is 12.3 Å². The number of carbonyl (C=O) groups is 1. The first kappa shape index (κ1) is 12.9. The molecule has 1 aromatic rings. The SMILES string of the molecule is C#CCNC(=O)CSc1nnc(CN)n1C1CC1. The highest BCUT2D eigenvalue weighted by atomic mass is 32.2. The van der Waals surface area contributed by atoms with E-state index in [2.05, 4.69) is 21.4 Å². The molecule has 0 aliphatic heterocycles. The summed E-state index contributed by atoms with van der Waals surface area (Å²) in [5.41, 5.74) is 5.62. The van der Waals surface area contributed by atoms with Gasteiger partial charge < -0.3 is 15.6 Å². The predicted molar refractivity (Wildman–Crippen MR) is 68.8 cm³/mol. The molecule has 7 heteroatoms. The van der Waals surface area contributed by atoms with Crippen molar-refractivity contribution in [2.75, 3.05) is 12.3 Å². The van der Waals surface area contributed by atoms with Gasteiger partial charge in [0, 0.05) is 6.04 Å². The normalized spacial score (nSPS) is 14.2. The molecule has 0 unspecified atom stereocenters. The average molecular weight is 265 g/mol. The Labute approximate surface area is 110 Å². The zero-order valence-electron chi connectivity index (χ0n) is 9.93. The zero-order chi connectivity index (χ0) is 13.0. The van der Waals surface area contributed by atoms with Crippen LogP contribution in [0.25, 0.3) is 0 Å². The van der Waals surface area contributed by atoms with Gasteiger partial charge in [0.15, 0.2) is 5.16 Å². The number of nitrogens with two attached hydrogens (primary N) is 1. The molecule has 2 rings (SSSR count). The molecule has 1 amide bonds. The number of aromatic nitrogens is 3. The Morgan fingerprint density at radius 3 is 3.00 bits per heavy atom. The number of rotatable bonds is 6. The molecule has 1 heterocycles. The van der Waals surface area contributed by atoms with Crippen molar-refractivity contribution in [3.05, 3.63) is 5.82 Å². The van der Waals surface area contributed by atoms with Gasteiger partial charge in [-0.05, 0) is 12.8 Å². The van der Waals surface area contributed by atoms with Crippen molar-refractivity contribution in [3.63, 3.8) is 0 Å². The third-order valence-electron chi connectivity index (χ3n) is 2.55. The van der Waals surface area contributed by atoms with Crippen molar-refractivity contribution in [2.45, 2.75) is 30.6 Å². The lowest BCUT2D eigenvalue weighted by atomic mass is 10.5. The summed E-state index contributed by atoms with van der Waals surface area (Å²) >= 11 is 1.36. The fraction of sp³-hybridized carbons (Fsp3) is 0.545. The van der Waals surface area contributed by atoms with E-state index < -0.39 is 0 Å². The Morgan fingerprint density at radius 2 is 2.39 bits per heavy atom. The summed E-state index contributed by atoms with van der Waals surface area (Å²) in [6.45, 7) is 0.621. The number of nitrogens with one attached hydrogen (secondary N) is 1. The molecule has 1 aliphatic carbocycles. The Morgan fingerprint density at radius 1 is 1.61 bits per heavy atom. The van der Waals surface area contributed by atoms with Crippen LogP contribution in [0.3, 0.4) is 0 Å². The molecule has 1 saturated carbocycles. The molecule has 1 aliphatic rings. The highest BCUT2D eigenvalue weighted by Crippen LogP contribution is 2.38. The van der Waals surface area contributed by atoms with Gasteiger partial charge in [-0.25, -0.2) is 0 Å². The number of thioether (sulfide) groups is 1. The minimum Gasteiger partial charge on any atom is -0.344 e. The molecule has 1 fully saturated rings. The number of hydrogen-bond donors (Lipinski definition) is 2. The van der Waals surface area contributed by atoms with Crippen LogP contribution in [0.5, 0.6) is 0 Å². The summed E-state index contributed by atoms with van der Waals surface area (Å²) in [5, 5.41) is 11.5. The molecule has 96 valence electrons. The lowest BCUT2D eigenvalue weighted by Gasteiger charge is -2.07. The topological polar surface area (TPSA) is 85.8 Å². The standard InChI is InChI=1S/C11H15N5OS/c1-2-5-13-10(17)7-18-11-15-14-9(6-12)16(11)8-3-4-8/h1,8H,3-7,12H2,(H,13,17). The monoisotopic (exact) mass is 265 g/mol. The predicted octanol–water partition coefficient (Wildman–Crippen LogP) is -0.0868. The van der Waals surface area contributed by atoms with E-state index in [-0.39, 0.29) is 18.2 Å². The van der Waals surface area contributed by atoms with E-state index in [1.807, 2.05) is 4.57 Å². The Hall–Kier alpha value is -1.52. The maximum Gasteiger partial charge on any atom is 0.231 e. The first-order valence-electron chi connectivity index (χ1n) is 5.73. The summed E-state index contributed by atoms with van der Waals surface area (Å²) in [6.07, 6.45) is 7.32. The highest BCUT2D eigenvalue weighted by Gasteiger charge is 2.29. The van der Waals surface area contributed by atoms with Crippen LogP contribution in [-0.4, -0.2) is 33.0 Å². The van der Waals surface area contributed by atoms with Gasteiger partial charge in [-0.15, -0.1) is 16.6 Å². The van der Waals surface area contributed by atoms with Crippen molar-refractivity contribution in [2.24, 2.45) is 5.73 Å². The van der Waals surface area contributed by atoms with Crippen molar-refractivity contribution in [1.82, 2.24) is 20.1 Å². The van der Waals surface area contributed by atoms with Crippen molar-refractivity contribution >= 4 is 17.7 Å². The smallest absolute Gasteiger partial charge is 0.231 e. The van der Waals surface area contributed by atoms with Crippen LogP contribution in [0.15, 0.2) is 5.16 Å². The van der Waals surface area contributed by atoms with E-state index in [0.29, 0.717) is 12.6 Å². The van der Waals surface area contributed by atoms with E-state index >= 15 is 0 Å². The second-order valence-corrected chi connectivity index (χ2v) is 4.92. The van der Waals surface area contributed by atoms with E-state index in [0.717, 1.165) is 23.8 Å². The summed E-state index contributed by atoms with van der Waals surface area (Å²) in [4.78, 5) is 11.4. The quantitative estimate of drug-likeness (QED) is 0.555. The second-order valence-electron chi connectivity index (χ2n) is 3.97. The van der Waals surface area contributed by atoms with Crippen LogP contribution >= 0.6 is 11.8 Å². The van der Waals surface area contributed by atoms with Crippen LogP contribution < -0.4 is 11.1 Å². The van der Waals surface area contributed by atoms with Crippen LogP contribution in [0.4, 0.5) is 0 Å². The molecular formula is C11H15N5OS. The molecule has 3 N–H and O–H groups in total. The number of carbonyl (C=O) groups excluding carboxylic acids is 1. The average Bonchev–Trinajstić information content (AvgIpc) is 3.14. The van der Waals surface area contributed by atoms with E-state index in [1.165, 1.54) is 11.8 Å². The van der Waals surface area contributed by atoms with Gasteiger partial charge in [0.1, 0.15) is 5.82 Å². The Balaban J connectivity index is 1.95. The number of nitrogens with zero attached hydrogens (tertiary/aromatic N) is 3. The molecular weight excluding hydrogens is 250 g/mol. The molecule has 0 atom stereocenters. The third-order valence-corrected chi connectivity index (χ3v) is 3.49. The van der Waals surface area contributed by atoms with E-state index in [1.54, 1.807) is 0 Å².